The maximum absolute atomic E-state index is 13.6. The van der Waals surface area contributed by atoms with E-state index < -0.39 is 0 Å². The van der Waals surface area contributed by atoms with E-state index in [1.54, 1.807) is 18.5 Å². The molecule has 0 unspecified atom stereocenters. The molecule has 7 nitrogen and oxygen atoms in total. The van der Waals surface area contributed by atoms with Crippen LogP contribution in [0.5, 0.6) is 0 Å². The van der Waals surface area contributed by atoms with Crippen molar-refractivity contribution in [2.75, 3.05) is 31.1 Å². The quantitative estimate of drug-likeness (QED) is 0.552. The minimum Gasteiger partial charge on any atom is -0.376 e. The number of piperidine rings is 1. The smallest absolute Gasteiger partial charge is 0.226 e. The summed E-state index contributed by atoms with van der Waals surface area (Å²) in [7, 11) is 0. The van der Waals surface area contributed by atoms with Gasteiger partial charge in [-0.15, -0.1) is 0 Å². The van der Waals surface area contributed by atoms with E-state index in [2.05, 4.69) is 19.9 Å². The fourth-order valence-corrected chi connectivity index (χ4v) is 4.94. The van der Waals surface area contributed by atoms with E-state index in [1.165, 1.54) is 12.1 Å². The van der Waals surface area contributed by atoms with E-state index in [0.717, 1.165) is 54.5 Å². The Bertz CT molecular complexity index is 1140. The number of ether oxygens (including phenoxy) is 1. The minimum absolute atomic E-state index is 0.0323. The summed E-state index contributed by atoms with van der Waals surface area (Å²) in [5.74, 6) is 0.522. The van der Waals surface area contributed by atoms with Crippen molar-refractivity contribution in [2.45, 2.75) is 45.3 Å². The van der Waals surface area contributed by atoms with Gasteiger partial charge in [-0.2, -0.15) is 0 Å². The predicted molar refractivity (Wildman–Crippen MR) is 128 cm³/mol. The molecule has 0 spiro atoms. The Morgan fingerprint density at radius 2 is 1.94 bits per heavy atom. The first-order chi connectivity index (χ1) is 16.6. The zero-order valence-corrected chi connectivity index (χ0v) is 19.5. The summed E-state index contributed by atoms with van der Waals surface area (Å²) >= 11 is 0. The number of hydrogen-bond donors (Lipinski definition) is 0. The molecule has 2 fully saturated rings. The maximum atomic E-state index is 13.6. The molecule has 0 saturated carbocycles. The summed E-state index contributed by atoms with van der Waals surface area (Å²) in [5.41, 5.74) is 2.58. The number of benzene rings is 1. The number of pyridine rings is 1. The van der Waals surface area contributed by atoms with Crippen LogP contribution in [0.15, 0.2) is 42.7 Å². The average Bonchev–Trinajstić information content (AvgIpc) is 3.37. The van der Waals surface area contributed by atoms with Crippen LogP contribution in [0, 0.1) is 18.7 Å². The lowest BCUT2D eigenvalue weighted by atomic mass is 9.95. The van der Waals surface area contributed by atoms with Crippen LogP contribution in [0.25, 0.3) is 10.9 Å². The van der Waals surface area contributed by atoms with E-state index in [4.69, 9.17) is 4.74 Å². The summed E-state index contributed by atoms with van der Waals surface area (Å²) in [6.45, 7) is 5.29. The maximum Gasteiger partial charge on any atom is 0.226 e. The number of anilines is 1. The van der Waals surface area contributed by atoms with Crippen LogP contribution in [0.1, 0.15) is 36.9 Å². The van der Waals surface area contributed by atoms with Gasteiger partial charge in [0.1, 0.15) is 5.82 Å². The largest absolute Gasteiger partial charge is 0.376 e. The Morgan fingerprint density at radius 3 is 2.68 bits per heavy atom. The molecular formula is C26H30FN5O2. The molecule has 4 heterocycles. The van der Waals surface area contributed by atoms with Gasteiger partial charge < -0.3 is 14.5 Å². The van der Waals surface area contributed by atoms with E-state index in [9.17, 15) is 9.18 Å². The highest BCUT2D eigenvalue weighted by molar-refractivity contribution is 5.82. The summed E-state index contributed by atoms with van der Waals surface area (Å²) in [6, 6.07) is 8.52. The van der Waals surface area contributed by atoms with Crippen LogP contribution >= 0.6 is 0 Å². The molecule has 0 N–H and O–H groups in total. The van der Waals surface area contributed by atoms with Crippen LogP contribution in [0.2, 0.25) is 0 Å². The lowest BCUT2D eigenvalue weighted by Crippen LogP contribution is -2.45. The Morgan fingerprint density at radius 1 is 1.15 bits per heavy atom. The van der Waals surface area contributed by atoms with Crippen molar-refractivity contribution < 1.29 is 13.9 Å². The van der Waals surface area contributed by atoms with Gasteiger partial charge in [-0.05, 0) is 68.5 Å². The first-order valence-electron chi connectivity index (χ1n) is 12.0. The molecular weight excluding hydrogens is 433 g/mol. The topological polar surface area (TPSA) is 71.5 Å². The van der Waals surface area contributed by atoms with E-state index >= 15 is 0 Å². The zero-order chi connectivity index (χ0) is 23.5. The fraction of sp³-hybridized carbons (Fsp3) is 0.462. The van der Waals surface area contributed by atoms with Crippen molar-refractivity contribution in [1.82, 2.24) is 19.9 Å². The molecule has 34 heavy (non-hydrogen) atoms. The highest BCUT2D eigenvalue weighted by Crippen LogP contribution is 2.27. The lowest BCUT2D eigenvalue weighted by Gasteiger charge is -2.35. The van der Waals surface area contributed by atoms with E-state index in [0.29, 0.717) is 32.1 Å². The SMILES string of the molecule is Cc1nc(N2CCC(C(=O)N(Cc3ccncc3)C[C@@H]3CCCO3)CC2)nc2ccc(F)cc12. The molecule has 1 atom stereocenters. The third-order valence-electron chi connectivity index (χ3n) is 6.85. The number of rotatable bonds is 6. The molecule has 0 aliphatic carbocycles. The van der Waals surface area contributed by atoms with Gasteiger partial charge in [0.15, 0.2) is 0 Å². The first-order valence-corrected chi connectivity index (χ1v) is 12.0. The predicted octanol–water partition coefficient (Wildman–Crippen LogP) is 3.90. The van der Waals surface area contributed by atoms with Gasteiger partial charge in [0.25, 0.3) is 0 Å². The molecule has 178 valence electrons. The highest BCUT2D eigenvalue weighted by Gasteiger charge is 2.31. The molecule has 2 aromatic heterocycles. The number of fused-ring (bicyclic) bond motifs is 1. The summed E-state index contributed by atoms with van der Waals surface area (Å²) in [4.78, 5) is 31.0. The second kappa shape index (κ2) is 10.0. The summed E-state index contributed by atoms with van der Waals surface area (Å²) in [5, 5.41) is 0.731. The molecule has 2 saturated heterocycles. The standard InChI is InChI=1S/C26H30FN5O2/c1-18-23-15-21(27)4-5-24(23)30-26(29-18)31-12-8-20(9-13-31)25(33)32(17-22-3-2-14-34-22)16-19-6-10-28-11-7-19/h4-7,10-11,15,20,22H,2-3,8-9,12-14,16-17H2,1H3/t22-/m0/s1. The van der Waals surface area contributed by atoms with Gasteiger partial charge >= 0.3 is 0 Å². The number of hydrogen-bond acceptors (Lipinski definition) is 6. The molecule has 8 heteroatoms. The Balaban J connectivity index is 1.27. The van der Waals surface area contributed by atoms with Crippen molar-refractivity contribution in [2.24, 2.45) is 5.92 Å². The summed E-state index contributed by atoms with van der Waals surface area (Å²) < 4.78 is 19.4. The number of amides is 1. The van der Waals surface area contributed by atoms with Gasteiger partial charge in [0.05, 0.1) is 17.3 Å². The van der Waals surface area contributed by atoms with Crippen molar-refractivity contribution in [3.63, 3.8) is 0 Å². The number of aromatic nitrogens is 3. The average molecular weight is 464 g/mol. The monoisotopic (exact) mass is 463 g/mol. The van der Waals surface area contributed by atoms with Crippen molar-refractivity contribution >= 4 is 22.8 Å². The summed E-state index contributed by atoms with van der Waals surface area (Å²) in [6.07, 6.45) is 7.21. The molecule has 0 radical (unpaired) electrons. The molecule has 2 aliphatic rings. The van der Waals surface area contributed by atoms with E-state index in [-0.39, 0.29) is 23.7 Å². The van der Waals surface area contributed by atoms with Gasteiger partial charge in [0, 0.05) is 56.5 Å². The van der Waals surface area contributed by atoms with Crippen molar-refractivity contribution in [1.29, 1.82) is 0 Å². The first kappa shape index (κ1) is 22.7. The highest BCUT2D eigenvalue weighted by atomic mass is 19.1. The number of halogens is 1. The number of carbonyl (C=O) groups excluding carboxylic acids is 1. The third kappa shape index (κ3) is 5.01. The van der Waals surface area contributed by atoms with Crippen LogP contribution in [-0.2, 0) is 16.1 Å². The second-order valence-corrected chi connectivity index (χ2v) is 9.24. The van der Waals surface area contributed by atoms with Gasteiger partial charge in [-0.3, -0.25) is 9.78 Å². The Labute approximate surface area is 199 Å². The van der Waals surface area contributed by atoms with Gasteiger partial charge in [0.2, 0.25) is 11.9 Å². The fourth-order valence-electron chi connectivity index (χ4n) is 4.94. The second-order valence-electron chi connectivity index (χ2n) is 9.24. The van der Waals surface area contributed by atoms with Crippen LogP contribution in [0.3, 0.4) is 0 Å². The Kier molecular flexibility index (Phi) is 6.67. The van der Waals surface area contributed by atoms with Gasteiger partial charge in [-0.25, -0.2) is 14.4 Å². The zero-order valence-electron chi connectivity index (χ0n) is 19.5. The molecule has 5 rings (SSSR count). The molecule has 2 aliphatic heterocycles. The number of aryl methyl sites for hydroxylation is 1. The van der Waals surface area contributed by atoms with Crippen LogP contribution < -0.4 is 4.90 Å². The van der Waals surface area contributed by atoms with E-state index in [1.807, 2.05) is 24.0 Å². The van der Waals surface area contributed by atoms with Crippen LogP contribution in [-0.4, -0.2) is 58.1 Å². The number of carbonyl (C=O) groups is 1. The molecule has 1 amide bonds. The van der Waals surface area contributed by atoms with Gasteiger partial charge in [-0.1, -0.05) is 0 Å². The third-order valence-corrected chi connectivity index (χ3v) is 6.85. The van der Waals surface area contributed by atoms with Crippen molar-refractivity contribution in [3.05, 3.63) is 59.8 Å². The number of nitrogens with zero attached hydrogens (tertiary/aromatic N) is 5. The lowest BCUT2D eigenvalue weighted by molar-refractivity contribution is -0.138. The van der Waals surface area contributed by atoms with Crippen LogP contribution in [0.4, 0.5) is 10.3 Å². The molecule has 3 aromatic rings. The van der Waals surface area contributed by atoms with Crippen molar-refractivity contribution in [3.8, 4) is 0 Å². The molecule has 0 bridgehead atoms. The minimum atomic E-state index is -0.286. The normalized spacial score (nSPS) is 19.0. The Hall–Kier alpha value is -3.13. The molecule has 1 aromatic carbocycles.